The fraction of sp³-hybridized carbons (Fsp3) is 1.00. The summed E-state index contributed by atoms with van der Waals surface area (Å²) >= 11 is 0. The molecule has 2 aliphatic rings. The summed E-state index contributed by atoms with van der Waals surface area (Å²) in [5, 5.41) is 12.3. The number of hydrogen-bond donors (Lipinski definition) is 2. The third-order valence-corrected chi connectivity index (χ3v) is 2.09. The van der Waals surface area contributed by atoms with Crippen LogP contribution in [0.15, 0.2) is 0 Å². The summed E-state index contributed by atoms with van der Waals surface area (Å²) in [6, 6.07) is 0.439. The second-order valence-corrected chi connectivity index (χ2v) is 2.70. The molecule has 1 heterocycles. The van der Waals surface area contributed by atoms with E-state index in [9.17, 15) is 0 Å². The minimum absolute atomic E-state index is 0.0961. The zero-order valence-electron chi connectivity index (χ0n) is 5.21. The van der Waals surface area contributed by atoms with Crippen LogP contribution in [-0.4, -0.2) is 36.5 Å². The maximum Gasteiger partial charge on any atom is 0.0988 e. The van der Waals surface area contributed by atoms with Gasteiger partial charge < -0.3 is 15.2 Å². The van der Waals surface area contributed by atoms with E-state index in [0.717, 1.165) is 19.6 Å². The van der Waals surface area contributed by atoms with Crippen molar-refractivity contribution in [1.29, 1.82) is 0 Å². The molecule has 9 heavy (non-hydrogen) atoms. The lowest BCUT2D eigenvalue weighted by Crippen LogP contribution is -2.63. The van der Waals surface area contributed by atoms with E-state index in [1.807, 2.05) is 0 Å². The molecule has 52 valence electrons. The van der Waals surface area contributed by atoms with E-state index in [2.05, 4.69) is 5.32 Å². The van der Waals surface area contributed by atoms with Gasteiger partial charge in [-0.15, -0.1) is 0 Å². The van der Waals surface area contributed by atoms with Gasteiger partial charge in [-0.1, -0.05) is 0 Å². The first-order chi connectivity index (χ1) is 4.38. The van der Waals surface area contributed by atoms with E-state index in [1.54, 1.807) is 0 Å². The lowest BCUT2D eigenvalue weighted by Gasteiger charge is -2.44. The molecule has 2 fully saturated rings. The molecule has 3 heteroatoms. The van der Waals surface area contributed by atoms with Crippen molar-refractivity contribution in [3.63, 3.8) is 0 Å². The molecule has 0 aromatic carbocycles. The number of rotatable bonds is 0. The van der Waals surface area contributed by atoms with E-state index in [0.29, 0.717) is 6.04 Å². The van der Waals surface area contributed by atoms with Gasteiger partial charge in [0.25, 0.3) is 0 Å². The van der Waals surface area contributed by atoms with Crippen LogP contribution in [0.25, 0.3) is 0 Å². The maximum atomic E-state index is 9.08. The molecule has 0 amide bonds. The van der Waals surface area contributed by atoms with Crippen molar-refractivity contribution in [1.82, 2.24) is 5.32 Å². The Morgan fingerprint density at radius 3 is 3.00 bits per heavy atom. The summed E-state index contributed by atoms with van der Waals surface area (Å²) < 4.78 is 5.28. The number of aliphatic hydroxyl groups excluding tert-OH is 1. The Balaban J connectivity index is 1.94. The molecule has 1 aliphatic carbocycles. The lowest BCUT2D eigenvalue weighted by molar-refractivity contribution is -0.139. The summed E-state index contributed by atoms with van der Waals surface area (Å²) in [6.07, 6.45) is 0.756. The molecule has 1 saturated heterocycles. The van der Waals surface area contributed by atoms with Crippen LogP contribution in [0, 0.1) is 0 Å². The van der Waals surface area contributed by atoms with Gasteiger partial charge in [-0.25, -0.2) is 0 Å². The van der Waals surface area contributed by atoms with E-state index in [1.165, 1.54) is 0 Å². The third-order valence-electron chi connectivity index (χ3n) is 2.09. The quantitative estimate of drug-likeness (QED) is 0.446. The molecule has 3 nitrogen and oxygen atoms in total. The Morgan fingerprint density at radius 1 is 1.56 bits per heavy atom. The zero-order valence-corrected chi connectivity index (χ0v) is 5.21. The van der Waals surface area contributed by atoms with Crippen LogP contribution >= 0.6 is 0 Å². The number of aliphatic hydroxyl groups is 1. The number of hydrogen-bond acceptors (Lipinski definition) is 3. The number of fused-ring (bicyclic) bond motifs is 1. The number of morpholine rings is 1. The Bertz CT molecular complexity index is 116. The lowest BCUT2D eigenvalue weighted by atomic mass is 9.85. The van der Waals surface area contributed by atoms with Gasteiger partial charge in [0.15, 0.2) is 0 Å². The van der Waals surface area contributed by atoms with Gasteiger partial charge in [0.05, 0.1) is 18.8 Å². The maximum absolute atomic E-state index is 9.08. The van der Waals surface area contributed by atoms with Gasteiger partial charge in [-0.3, -0.25) is 0 Å². The first kappa shape index (κ1) is 5.65. The number of ether oxygens (including phenoxy) is 1. The minimum atomic E-state index is -0.206. The molecule has 0 aromatic heterocycles. The standard InChI is InChI=1S/C6H11NO2/c8-5-3-4-6(5)9-2-1-7-4/h4-8H,1-3H2/t4-,5-,6-/m1/s1. The first-order valence-electron chi connectivity index (χ1n) is 3.41. The molecule has 0 spiro atoms. The normalized spacial score (nSPS) is 49.7. The van der Waals surface area contributed by atoms with Crippen LogP contribution in [0.4, 0.5) is 0 Å². The molecule has 1 saturated carbocycles. The highest BCUT2D eigenvalue weighted by Gasteiger charge is 2.42. The Morgan fingerprint density at radius 2 is 2.44 bits per heavy atom. The summed E-state index contributed by atoms with van der Waals surface area (Å²) in [5.41, 5.74) is 0. The molecular weight excluding hydrogens is 118 g/mol. The van der Waals surface area contributed by atoms with Crippen molar-refractivity contribution in [3.8, 4) is 0 Å². The average molecular weight is 129 g/mol. The Labute approximate surface area is 54.0 Å². The van der Waals surface area contributed by atoms with Gasteiger partial charge in [0.1, 0.15) is 0 Å². The summed E-state index contributed by atoms with van der Waals surface area (Å²) in [4.78, 5) is 0. The number of nitrogens with one attached hydrogen (secondary N) is 1. The molecule has 3 atom stereocenters. The summed E-state index contributed by atoms with van der Waals surface area (Å²) in [6.45, 7) is 1.69. The van der Waals surface area contributed by atoms with Crippen molar-refractivity contribution < 1.29 is 9.84 Å². The van der Waals surface area contributed by atoms with Crippen molar-refractivity contribution in [2.75, 3.05) is 13.2 Å². The second-order valence-electron chi connectivity index (χ2n) is 2.70. The van der Waals surface area contributed by atoms with Crippen LogP contribution < -0.4 is 5.32 Å². The minimum Gasteiger partial charge on any atom is -0.390 e. The van der Waals surface area contributed by atoms with Crippen LogP contribution in [0.5, 0.6) is 0 Å². The van der Waals surface area contributed by atoms with Crippen LogP contribution in [0.1, 0.15) is 6.42 Å². The molecule has 2 rings (SSSR count). The van der Waals surface area contributed by atoms with Gasteiger partial charge in [0, 0.05) is 12.6 Å². The topological polar surface area (TPSA) is 41.5 Å². The molecule has 0 unspecified atom stereocenters. The van der Waals surface area contributed by atoms with Crippen molar-refractivity contribution in [3.05, 3.63) is 0 Å². The van der Waals surface area contributed by atoms with Gasteiger partial charge in [-0.05, 0) is 6.42 Å². The van der Waals surface area contributed by atoms with Crippen molar-refractivity contribution >= 4 is 0 Å². The molecule has 2 N–H and O–H groups in total. The van der Waals surface area contributed by atoms with Crippen LogP contribution in [0.2, 0.25) is 0 Å². The van der Waals surface area contributed by atoms with E-state index in [-0.39, 0.29) is 12.2 Å². The van der Waals surface area contributed by atoms with Gasteiger partial charge in [-0.2, -0.15) is 0 Å². The fourth-order valence-corrected chi connectivity index (χ4v) is 1.47. The fourth-order valence-electron chi connectivity index (χ4n) is 1.47. The molecule has 0 radical (unpaired) electrons. The van der Waals surface area contributed by atoms with Crippen LogP contribution in [0.3, 0.4) is 0 Å². The largest absolute Gasteiger partial charge is 0.390 e. The Kier molecular flexibility index (Phi) is 1.22. The smallest absolute Gasteiger partial charge is 0.0988 e. The highest BCUT2D eigenvalue weighted by molar-refractivity contribution is 4.97. The zero-order chi connectivity index (χ0) is 6.27. The van der Waals surface area contributed by atoms with E-state index < -0.39 is 0 Å². The van der Waals surface area contributed by atoms with E-state index >= 15 is 0 Å². The Hall–Kier alpha value is -0.120. The summed E-state index contributed by atoms with van der Waals surface area (Å²) in [7, 11) is 0. The summed E-state index contributed by atoms with van der Waals surface area (Å²) in [5.74, 6) is 0. The highest BCUT2D eigenvalue weighted by Crippen LogP contribution is 2.25. The van der Waals surface area contributed by atoms with Gasteiger partial charge in [0.2, 0.25) is 0 Å². The van der Waals surface area contributed by atoms with E-state index in [4.69, 9.17) is 9.84 Å². The third kappa shape index (κ3) is 0.764. The monoisotopic (exact) mass is 129 g/mol. The molecule has 0 bridgehead atoms. The predicted octanol–water partition coefficient (Wildman–Crippen LogP) is -0.892. The van der Waals surface area contributed by atoms with Crippen molar-refractivity contribution in [2.45, 2.75) is 24.7 Å². The predicted molar refractivity (Wildman–Crippen MR) is 32.2 cm³/mol. The first-order valence-corrected chi connectivity index (χ1v) is 3.41. The molecule has 0 aromatic rings. The van der Waals surface area contributed by atoms with Gasteiger partial charge >= 0.3 is 0 Å². The van der Waals surface area contributed by atoms with Crippen molar-refractivity contribution in [2.24, 2.45) is 0 Å². The second kappa shape index (κ2) is 1.94. The highest BCUT2D eigenvalue weighted by atomic mass is 16.5. The molecule has 1 aliphatic heterocycles. The molecular formula is C6H11NO2. The average Bonchev–Trinajstić information content (AvgIpc) is 1.86. The van der Waals surface area contributed by atoms with Crippen LogP contribution in [-0.2, 0) is 4.74 Å². The SMILES string of the molecule is O[C@@H]1C[C@H]2NCCO[C@@H]12.